The van der Waals surface area contributed by atoms with E-state index in [2.05, 4.69) is 10.1 Å². The van der Waals surface area contributed by atoms with Crippen molar-refractivity contribution in [1.82, 2.24) is 10.1 Å². The predicted molar refractivity (Wildman–Crippen MR) is 60.8 cm³/mol. The van der Waals surface area contributed by atoms with Crippen LogP contribution in [0.3, 0.4) is 0 Å². The highest BCUT2D eigenvalue weighted by atomic mass is 35.5. The Labute approximate surface area is 102 Å². The normalized spacial score (nSPS) is 10.5. The van der Waals surface area contributed by atoms with Gasteiger partial charge in [0.05, 0.1) is 6.42 Å². The molecule has 0 amide bonds. The highest BCUT2D eigenvalue weighted by molar-refractivity contribution is 6.31. The standard InChI is InChI=1S/C11H9ClN2O3/c1-6-13-11(14-17-6)8-3-2-7(5-10(15)16)9(12)4-8/h2-4H,5H2,1H3,(H,15,16). The van der Waals surface area contributed by atoms with E-state index in [1.165, 1.54) is 0 Å². The Kier molecular flexibility index (Phi) is 3.10. The molecule has 17 heavy (non-hydrogen) atoms. The molecule has 0 fully saturated rings. The van der Waals surface area contributed by atoms with Gasteiger partial charge in [-0.3, -0.25) is 4.79 Å². The van der Waals surface area contributed by atoms with Gasteiger partial charge in [-0.15, -0.1) is 0 Å². The first-order valence-corrected chi connectivity index (χ1v) is 5.25. The molecule has 0 bridgehead atoms. The quantitative estimate of drug-likeness (QED) is 0.907. The molecule has 0 aliphatic rings. The second-order valence-electron chi connectivity index (χ2n) is 3.51. The van der Waals surface area contributed by atoms with E-state index in [4.69, 9.17) is 21.2 Å². The van der Waals surface area contributed by atoms with E-state index in [9.17, 15) is 4.79 Å². The van der Waals surface area contributed by atoms with E-state index in [0.717, 1.165) is 0 Å². The Morgan fingerprint density at radius 3 is 2.82 bits per heavy atom. The van der Waals surface area contributed by atoms with E-state index in [1.54, 1.807) is 25.1 Å². The van der Waals surface area contributed by atoms with Crippen molar-refractivity contribution in [1.29, 1.82) is 0 Å². The summed E-state index contributed by atoms with van der Waals surface area (Å²) in [7, 11) is 0. The molecule has 88 valence electrons. The lowest BCUT2D eigenvalue weighted by molar-refractivity contribution is -0.136. The van der Waals surface area contributed by atoms with Crippen molar-refractivity contribution in [3.05, 3.63) is 34.7 Å². The van der Waals surface area contributed by atoms with Gasteiger partial charge in [-0.1, -0.05) is 28.9 Å². The number of benzene rings is 1. The van der Waals surface area contributed by atoms with Gasteiger partial charge in [0.15, 0.2) is 0 Å². The van der Waals surface area contributed by atoms with E-state index in [-0.39, 0.29) is 6.42 Å². The second-order valence-corrected chi connectivity index (χ2v) is 3.92. The fourth-order valence-corrected chi connectivity index (χ4v) is 1.66. The summed E-state index contributed by atoms with van der Waals surface area (Å²) in [6.07, 6.45) is -0.107. The number of aryl methyl sites for hydroxylation is 1. The Balaban J connectivity index is 2.33. The van der Waals surface area contributed by atoms with Gasteiger partial charge < -0.3 is 9.63 Å². The lowest BCUT2D eigenvalue weighted by Gasteiger charge is -2.02. The number of hydrogen-bond acceptors (Lipinski definition) is 4. The van der Waals surface area contributed by atoms with Crippen molar-refractivity contribution in [2.24, 2.45) is 0 Å². The second kappa shape index (κ2) is 4.55. The molecule has 1 aromatic heterocycles. The van der Waals surface area contributed by atoms with Crippen molar-refractivity contribution in [3.63, 3.8) is 0 Å². The van der Waals surface area contributed by atoms with Crippen LogP contribution in [-0.4, -0.2) is 21.2 Å². The van der Waals surface area contributed by atoms with Crippen LogP contribution < -0.4 is 0 Å². The molecule has 0 saturated heterocycles. The summed E-state index contributed by atoms with van der Waals surface area (Å²) in [5.74, 6) is -0.0212. The average Bonchev–Trinajstić information content (AvgIpc) is 2.67. The van der Waals surface area contributed by atoms with Crippen LogP contribution >= 0.6 is 11.6 Å². The Morgan fingerprint density at radius 2 is 2.29 bits per heavy atom. The number of nitrogens with zero attached hydrogens (tertiary/aromatic N) is 2. The minimum absolute atomic E-state index is 0.107. The molecule has 0 aliphatic carbocycles. The topological polar surface area (TPSA) is 76.2 Å². The average molecular weight is 253 g/mol. The highest BCUT2D eigenvalue weighted by Gasteiger charge is 2.10. The zero-order valence-corrected chi connectivity index (χ0v) is 9.73. The number of carbonyl (C=O) groups is 1. The van der Waals surface area contributed by atoms with Gasteiger partial charge in [0.25, 0.3) is 0 Å². The van der Waals surface area contributed by atoms with Crippen LogP contribution in [0.15, 0.2) is 22.7 Å². The van der Waals surface area contributed by atoms with Crippen LogP contribution in [0.2, 0.25) is 5.02 Å². The summed E-state index contributed by atoms with van der Waals surface area (Å²) in [6.45, 7) is 1.69. The molecular formula is C11H9ClN2O3. The summed E-state index contributed by atoms with van der Waals surface area (Å²) >= 11 is 5.98. The first-order chi connectivity index (χ1) is 8.06. The van der Waals surface area contributed by atoms with E-state index in [1.807, 2.05) is 0 Å². The molecule has 6 heteroatoms. The summed E-state index contributed by atoms with van der Waals surface area (Å²) in [6, 6.07) is 5.00. The first-order valence-electron chi connectivity index (χ1n) is 4.87. The van der Waals surface area contributed by atoms with Gasteiger partial charge in [-0.25, -0.2) is 0 Å². The van der Waals surface area contributed by atoms with E-state index in [0.29, 0.717) is 27.9 Å². The van der Waals surface area contributed by atoms with Crippen molar-refractivity contribution in [2.75, 3.05) is 0 Å². The third-order valence-corrected chi connectivity index (χ3v) is 2.53. The number of carboxylic acids is 1. The van der Waals surface area contributed by atoms with Crippen LogP contribution in [0.25, 0.3) is 11.4 Å². The number of halogens is 1. The zero-order chi connectivity index (χ0) is 12.4. The zero-order valence-electron chi connectivity index (χ0n) is 8.98. The lowest BCUT2D eigenvalue weighted by Crippen LogP contribution is -2.00. The molecule has 5 nitrogen and oxygen atoms in total. The minimum Gasteiger partial charge on any atom is -0.481 e. The molecule has 0 aliphatic heterocycles. The summed E-state index contributed by atoms with van der Waals surface area (Å²) in [4.78, 5) is 14.6. The van der Waals surface area contributed by atoms with Crippen molar-refractivity contribution < 1.29 is 14.4 Å². The molecule has 0 unspecified atom stereocenters. The first kappa shape index (κ1) is 11.6. The fourth-order valence-electron chi connectivity index (χ4n) is 1.41. The van der Waals surface area contributed by atoms with Crippen LogP contribution in [0.1, 0.15) is 11.5 Å². The fraction of sp³-hybridized carbons (Fsp3) is 0.182. The molecule has 0 radical (unpaired) electrons. The third-order valence-electron chi connectivity index (χ3n) is 2.18. The molecule has 1 aromatic carbocycles. The predicted octanol–water partition coefficient (Wildman–Crippen LogP) is 2.33. The highest BCUT2D eigenvalue weighted by Crippen LogP contribution is 2.24. The van der Waals surface area contributed by atoms with Crippen molar-refractivity contribution in [3.8, 4) is 11.4 Å². The smallest absolute Gasteiger partial charge is 0.307 e. The molecule has 1 N–H and O–H groups in total. The number of hydrogen-bond donors (Lipinski definition) is 1. The maximum absolute atomic E-state index is 10.6. The number of aliphatic carboxylic acids is 1. The van der Waals surface area contributed by atoms with Gasteiger partial charge in [0.2, 0.25) is 11.7 Å². The molecule has 0 spiro atoms. The van der Waals surface area contributed by atoms with Gasteiger partial charge in [-0.05, 0) is 11.6 Å². The van der Waals surface area contributed by atoms with Crippen LogP contribution in [0.4, 0.5) is 0 Å². The third kappa shape index (κ3) is 2.62. The summed E-state index contributed by atoms with van der Waals surface area (Å²) in [5, 5.41) is 12.8. The van der Waals surface area contributed by atoms with Crippen LogP contribution in [0, 0.1) is 6.92 Å². The lowest BCUT2D eigenvalue weighted by atomic mass is 10.1. The number of aromatic nitrogens is 2. The SMILES string of the molecule is Cc1nc(-c2ccc(CC(=O)O)c(Cl)c2)no1. The van der Waals surface area contributed by atoms with Gasteiger partial charge in [0, 0.05) is 17.5 Å². The van der Waals surface area contributed by atoms with Crippen LogP contribution in [0.5, 0.6) is 0 Å². The van der Waals surface area contributed by atoms with Crippen molar-refractivity contribution in [2.45, 2.75) is 13.3 Å². The Hall–Kier alpha value is -1.88. The van der Waals surface area contributed by atoms with Gasteiger partial charge in [0.1, 0.15) is 0 Å². The van der Waals surface area contributed by atoms with E-state index >= 15 is 0 Å². The molecular weight excluding hydrogens is 244 g/mol. The molecule has 0 saturated carbocycles. The largest absolute Gasteiger partial charge is 0.481 e. The van der Waals surface area contributed by atoms with Crippen LogP contribution in [-0.2, 0) is 11.2 Å². The summed E-state index contributed by atoms with van der Waals surface area (Å²) < 4.78 is 4.86. The molecule has 2 aromatic rings. The van der Waals surface area contributed by atoms with Crippen molar-refractivity contribution >= 4 is 17.6 Å². The molecule has 0 atom stereocenters. The molecule has 1 heterocycles. The van der Waals surface area contributed by atoms with Gasteiger partial charge in [-0.2, -0.15) is 4.98 Å². The maximum Gasteiger partial charge on any atom is 0.307 e. The number of carboxylic acid groups (broad SMARTS) is 1. The van der Waals surface area contributed by atoms with Gasteiger partial charge >= 0.3 is 5.97 Å². The molecule has 2 rings (SSSR count). The maximum atomic E-state index is 10.6. The summed E-state index contributed by atoms with van der Waals surface area (Å²) in [5.41, 5.74) is 1.25. The Bertz CT molecular complexity index is 566. The number of rotatable bonds is 3. The monoisotopic (exact) mass is 252 g/mol. The minimum atomic E-state index is -0.921. The van der Waals surface area contributed by atoms with E-state index < -0.39 is 5.97 Å². The Morgan fingerprint density at radius 1 is 1.53 bits per heavy atom.